The van der Waals surface area contributed by atoms with Gasteiger partial charge in [-0.1, -0.05) is 24.3 Å². The molecule has 1 aromatic rings. The van der Waals surface area contributed by atoms with Crippen LogP contribution in [0.5, 0.6) is 0 Å². The zero-order valence-electron chi connectivity index (χ0n) is 12.8. The van der Waals surface area contributed by atoms with Gasteiger partial charge in [0.25, 0.3) is 0 Å². The van der Waals surface area contributed by atoms with Crippen LogP contribution in [-0.4, -0.2) is 35.7 Å². The third-order valence-electron chi connectivity index (χ3n) is 4.49. The van der Waals surface area contributed by atoms with Crippen LogP contribution in [-0.2, 0) is 0 Å². The third kappa shape index (κ3) is 3.60. The van der Waals surface area contributed by atoms with Crippen molar-refractivity contribution in [3.05, 3.63) is 35.4 Å². The van der Waals surface area contributed by atoms with Gasteiger partial charge in [-0.25, -0.2) is 0 Å². The van der Waals surface area contributed by atoms with Crippen LogP contribution in [0.3, 0.4) is 0 Å². The van der Waals surface area contributed by atoms with E-state index in [0.29, 0.717) is 12.5 Å². The number of likely N-dealkylation sites (tertiary alicyclic amines) is 1. The number of aryl methyl sites for hydroxylation is 1. The highest BCUT2D eigenvalue weighted by Gasteiger charge is 2.29. The summed E-state index contributed by atoms with van der Waals surface area (Å²) >= 11 is 0. The molecule has 0 saturated carbocycles. The van der Waals surface area contributed by atoms with Crippen LogP contribution >= 0.6 is 0 Å². The summed E-state index contributed by atoms with van der Waals surface area (Å²) in [5.41, 5.74) is 8.97. The molecule has 3 nitrogen and oxygen atoms in total. The molecule has 1 fully saturated rings. The van der Waals surface area contributed by atoms with Crippen molar-refractivity contribution in [2.24, 2.45) is 11.7 Å². The number of aliphatic hydroxyl groups is 1. The second-order valence-electron chi connectivity index (χ2n) is 6.18. The van der Waals surface area contributed by atoms with E-state index in [1.165, 1.54) is 24.0 Å². The van der Waals surface area contributed by atoms with Gasteiger partial charge in [-0.05, 0) is 56.7 Å². The molecular formula is C17H28N2O. The lowest BCUT2D eigenvalue weighted by Crippen LogP contribution is -2.45. The molecule has 20 heavy (non-hydrogen) atoms. The summed E-state index contributed by atoms with van der Waals surface area (Å²) in [6.45, 7) is 6.74. The van der Waals surface area contributed by atoms with E-state index in [2.05, 4.69) is 43.0 Å². The first-order chi connectivity index (χ1) is 9.63. The van der Waals surface area contributed by atoms with Crippen LogP contribution in [0.25, 0.3) is 0 Å². The van der Waals surface area contributed by atoms with Gasteiger partial charge >= 0.3 is 0 Å². The zero-order valence-corrected chi connectivity index (χ0v) is 12.8. The van der Waals surface area contributed by atoms with Crippen molar-refractivity contribution < 1.29 is 5.11 Å². The lowest BCUT2D eigenvalue weighted by molar-refractivity contribution is 0.0964. The van der Waals surface area contributed by atoms with Gasteiger partial charge in [-0.3, -0.25) is 4.90 Å². The number of nitrogens with zero attached hydrogens (tertiary/aromatic N) is 1. The third-order valence-corrected chi connectivity index (χ3v) is 4.49. The molecule has 0 radical (unpaired) electrons. The van der Waals surface area contributed by atoms with Crippen LogP contribution in [0.2, 0.25) is 0 Å². The number of benzene rings is 1. The molecule has 3 N–H and O–H groups in total. The van der Waals surface area contributed by atoms with Gasteiger partial charge in [-0.15, -0.1) is 0 Å². The lowest BCUT2D eigenvalue weighted by atomic mass is 9.89. The number of aliphatic hydroxyl groups excluding tert-OH is 1. The number of hydrogen-bond acceptors (Lipinski definition) is 3. The van der Waals surface area contributed by atoms with E-state index in [-0.39, 0.29) is 12.1 Å². The molecular weight excluding hydrogens is 248 g/mol. The van der Waals surface area contributed by atoms with E-state index in [0.717, 1.165) is 19.5 Å². The lowest BCUT2D eigenvalue weighted by Gasteiger charge is -2.40. The zero-order chi connectivity index (χ0) is 14.5. The molecule has 0 aliphatic carbocycles. The first-order valence-corrected chi connectivity index (χ1v) is 7.79. The summed E-state index contributed by atoms with van der Waals surface area (Å²) in [5.74, 6) is 0.610. The molecule has 1 aliphatic rings. The van der Waals surface area contributed by atoms with E-state index in [9.17, 15) is 5.11 Å². The van der Waals surface area contributed by atoms with Crippen LogP contribution in [0.1, 0.15) is 43.4 Å². The number of hydrogen-bond donors (Lipinski definition) is 2. The Balaban J connectivity index is 2.18. The Morgan fingerprint density at radius 2 is 2.15 bits per heavy atom. The minimum atomic E-state index is 0.115. The summed E-state index contributed by atoms with van der Waals surface area (Å²) in [6.07, 6.45) is 3.35. The van der Waals surface area contributed by atoms with Crippen LogP contribution in [0.15, 0.2) is 24.3 Å². The summed E-state index contributed by atoms with van der Waals surface area (Å²) < 4.78 is 0. The highest BCUT2D eigenvalue weighted by molar-refractivity contribution is 5.30. The molecule has 1 heterocycles. The fourth-order valence-corrected chi connectivity index (χ4v) is 3.50. The molecule has 0 spiro atoms. The van der Waals surface area contributed by atoms with Crippen molar-refractivity contribution in [1.29, 1.82) is 0 Å². The van der Waals surface area contributed by atoms with Gasteiger partial charge in [0, 0.05) is 25.2 Å². The quantitative estimate of drug-likeness (QED) is 0.868. The summed E-state index contributed by atoms with van der Waals surface area (Å²) in [7, 11) is 0. The highest BCUT2D eigenvalue weighted by atomic mass is 16.3. The van der Waals surface area contributed by atoms with Gasteiger partial charge in [0.05, 0.1) is 0 Å². The Kier molecular flexibility index (Phi) is 5.58. The van der Waals surface area contributed by atoms with Crippen LogP contribution in [0.4, 0.5) is 0 Å². The van der Waals surface area contributed by atoms with Gasteiger partial charge in [-0.2, -0.15) is 0 Å². The Bertz CT molecular complexity index is 417. The van der Waals surface area contributed by atoms with E-state index >= 15 is 0 Å². The SMILES string of the molecule is Cc1ccccc1C(C(C)N)N1CCCC(CCO)C1. The maximum absolute atomic E-state index is 9.17. The average molecular weight is 276 g/mol. The molecule has 1 aromatic carbocycles. The molecule has 2 rings (SSSR count). The first-order valence-electron chi connectivity index (χ1n) is 7.79. The number of piperidine rings is 1. The molecule has 0 bridgehead atoms. The predicted molar refractivity (Wildman–Crippen MR) is 83.6 cm³/mol. The molecule has 0 aromatic heterocycles. The molecule has 3 unspecified atom stereocenters. The smallest absolute Gasteiger partial charge is 0.0499 e. The highest BCUT2D eigenvalue weighted by Crippen LogP contribution is 2.31. The standard InChI is InChI=1S/C17H28N2O/c1-13-6-3-4-8-16(13)17(14(2)18)19-10-5-7-15(12-19)9-11-20/h3-4,6,8,14-15,17,20H,5,7,9-12,18H2,1-2H3. The molecule has 0 amide bonds. The monoisotopic (exact) mass is 276 g/mol. The van der Waals surface area contributed by atoms with Crippen LogP contribution in [0, 0.1) is 12.8 Å². The Hall–Kier alpha value is -0.900. The van der Waals surface area contributed by atoms with Crippen molar-refractivity contribution >= 4 is 0 Å². The van der Waals surface area contributed by atoms with Gasteiger partial charge < -0.3 is 10.8 Å². The van der Waals surface area contributed by atoms with Crippen molar-refractivity contribution in [3.63, 3.8) is 0 Å². The summed E-state index contributed by atoms with van der Waals surface area (Å²) in [6, 6.07) is 8.97. The van der Waals surface area contributed by atoms with E-state index < -0.39 is 0 Å². The summed E-state index contributed by atoms with van der Waals surface area (Å²) in [4.78, 5) is 2.52. The maximum Gasteiger partial charge on any atom is 0.0499 e. The predicted octanol–water partition coefficient (Wildman–Crippen LogP) is 2.48. The minimum Gasteiger partial charge on any atom is -0.396 e. The van der Waals surface area contributed by atoms with E-state index in [4.69, 9.17) is 5.73 Å². The second-order valence-corrected chi connectivity index (χ2v) is 6.18. The van der Waals surface area contributed by atoms with Crippen molar-refractivity contribution in [3.8, 4) is 0 Å². The topological polar surface area (TPSA) is 49.5 Å². The Morgan fingerprint density at radius 3 is 2.80 bits per heavy atom. The first kappa shape index (κ1) is 15.5. The van der Waals surface area contributed by atoms with Crippen molar-refractivity contribution in [1.82, 2.24) is 4.90 Å². The average Bonchev–Trinajstić information content (AvgIpc) is 2.42. The van der Waals surface area contributed by atoms with E-state index in [1.807, 2.05) is 0 Å². The van der Waals surface area contributed by atoms with Gasteiger partial charge in [0.1, 0.15) is 0 Å². The number of nitrogens with two attached hydrogens (primary N) is 1. The van der Waals surface area contributed by atoms with Crippen molar-refractivity contribution in [2.45, 2.75) is 45.2 Å². The molecule has 3 atom stereocenters. The van der Waals surface area contributed by atoms with Crippen LogP contribution < -0.4 is 5.73 Å². The Labute approximate surface area is 122 Å². The largest absolute Gasteiger partial charge is 0.396 e. The molecule has 1 aliphatic heterocycles. The fraction of sp³-hybridized carbons (Fsp3) is 0.647. The molecule has 112 valence electrons. The minimum absolute atomic E-state index is 0.115. The number of rotatable bonds is 5. The summed E-state index contributed by atoms with van der Waals surface area (Å²) in [5, 5.41) is 9.17. The Morgan fingerprint density at radius 1 is 1.40 bits per heavy atom. The van der Waals surface area contributed by atoms with E-state index in [1.54, 1.807) is 0 Å². The molecule has 1 saturated heterocycles. The maximum atomic E-state index is 9.17. The normalized spacial score (nSPS) is 23.5. The van der Waals surface area contributed by atoms with Gasteiger partial charge in [0.15, 0.2) is 0 Å². The fourth-order valence-electron chi connectivity index (χ4n) is 3.50. The molecule has 3 heteroatoms. The van der Waals surface area contributed by atoms with Gasteiger partial charge in [0.2, 0.25) is 0 Å². The van der Waals surface area contributed by atoms with Crippen molar-refractivity contribution in [2.75, 3.05) is 19.7 Å². The second kappa shape index (κ2) is 7.21.